The van der Waals surface area contributed by atoms with Crippen molar-refractivity contribution < 1.29 is 40.7 Å². The molecule has 45 heavy (non-hydrogen) atoms. The molecular weight excluding hydrogens is 604 g/mol. The van der Waals surface area contributed by atoms with Crippen LogP contribution in [-0.2, 0) is 23.7 Å². The van der Waals surface area contributed by atoms with E-state index in [-0.39, 0.29) is 28.8 Å². The molecule has 0 atom stereocenters. The Labute approximate surface area is 249 Å². The fourth-order valence-electron chi connectivity index (χ4n) is 5.26. The number of alkyl halides is 6. The number of carbonyl (C=O) groups excluding carboxylic acids is 2. The molecule has 0 radical (unpaired) electrons. The van der Waals surface area contributed by atoms with Gasteiger partial charge in [0, 0.05) is 35.4 Å². The molecule has 6 rings (SSSR count). The first kappa shape index (κ1) is 29.5. The van der Waals surface area contributed by atoms with E-state index >= 15 is 0 Å². The number of benzene rings is 2. The molecule has 2 aromatic carbocycles. The van der Waals surface area contributed by atoms with Crippen molar-refractivity contribution in [2.75, 3.05) is 12.4 Å². The van der Waals surface area contributed by atoms with Gasteiger partial charge in [0.1, 0.15) is 22.7 Å². The Kier molecular flexibility index (Phi) is 7.09. The number of anilines is 1. The average Bonchev–Trinajstić information content (AvgIpc) is 3.59. The monoisotopic (exact) mass is 623 g/mol. The summed E-state index contributed by atoms with van der Waals surface area (Å²) < 4.78 is 90.4. The fourth-order valence-corrected chi connectivity index (χ4v) is 5.26. The first-order valence-electron chi connectivity index (χ1n) is 13.1. The molecule has 1 N–H and O–H groups in total. The summed E-state index contributed by atoms with van der Waals surface area (Å²) in [6, 6.07) is 14.5. The van der Waals surface area contributed by atoms with Gasteiger partial charge in [0.15, 0.2) is 11.3 Å². The first-order valence-corrected chi connectivity index (χ1v) is 13.1. The van der Waals surface area contributed by atoms with Gasteiger partial charge in [-0.25, -0.2) is 4.79 Å². The van der Waals surface area contributed by atoms with Crippen LogP contribution < -0.4 is 15.4 Å². The summed E-state index contributed by atoms with van der Waals surface area (Å²) in [4.78, 5) is 32.7. The van der Waals surface area contributed by atoms with Crippen molar-refractivity contribution in [3.05, 3.63) is 107 Å². The summed E-state index contributed by atoms with van der Waals surface area (Å²) in [5.41, 5.74) is -2.39. The van der Waals surface area contributed by atoms with Crippen LogP contribution >= 0.6 is 0 Å². The molecule has 14 heteroatoms. The molecule has 6 aromatic rings. The quantitative estimate of drug-likeness (QED) is 0.232. The molecule has 4 heterocycles. The molecule has 4 aromatic heterocycles. The van der Waals surface area contributed by atoms with Crippen LogP contribution in [0.25, 0.3) is 27.5 Å². The average molecular weight is 624 g/mol. The highest BCUT2D eigenvalue weighted by molar-refractivity contribution is 6.12. The smallest absolute Gasteiger partial charge is 0.433 e. The van der Waals surface area contributed by atoms with Gasteiger partial charge >= 0.3 is 12.4 Å². The number of methoxy groups -OCH3 is 1. The van der Waals surface area contributed by atoms with Crippen molar-refractivity contribution in [1.29, 1.82) is 0 Å². The Morgan fingerprint density at radius 2 is 1.73 bits per heavy atom. The molecule has 0 spiro atoms. The number of pyridine rings is 2. The number of nitrogens with zero attached hydrogens (tertiary/aromatic N) is 4. The number of carbonyl (C=O) groups is 1. The molecule has 228 valence electrons. The maximum absolute atomic E-state index is 14.5. The number of hydrogen-bond acceptors (Lipinski definition) is 5. The largest absolute Gasteiger partial charge is 0.497 e. The highest BCUT2D eigenvalue weighted by Gasteiger charge is 2.40. The lowest BCUT2D eigenvalue weighted by atomic mass is 10.1. The molecule has 8 nitrogen and oxygen atoms in total. The Morgan fingerprint density at radius 3 is 2.40 bits per heavy atom. The van der Waals surface area contributed by atoms with E-state index in [1.165, 1.54) is 7.11 Å². The molecule has 0 saturated carbocycles. The lowest BCUT2D eigenvalue weighted by Crippen LogP contribution is -2.21. The van der Waals surface area contributed by atoms with Crippen LogP contribution in [-0.4, -0.2) is 38.1 Å². The third-order valence-corrected chi connectivity index (χ3v) is 7.22. The van der Waals surface area contributed by atoms with E-state index < -0.39 is 35.2 Å². The zero-order valence-corrected chi connectivity index (χ0v) is 23.0. The Morgan fingerprint density at radius 1 is 0.978 bits per heavy atom. The minimum absolute atomic E-state index is 0.0400. The summed E-state index contributed by atoms with van der Waals surface area (Å²) in [6.45, 7) is 0.228. The SMILES string of the molecule is COc1ccc(Cn2c(=C=O)c3ncc(-n4ccc(C(=O)Nc5ccnc(C(F)(F)F)c5)c4C(F)(F)F)c4cccc2c43)cc1. The van der Waals surface area contributed by atoms with Crippen molar-refractivity contribution in [1.82, 2.24) is 19.1 Å². The molecule has 0 fully saturated rings. The van der Waals surface area contributed by atoms with Gasteiger partial charge in [0.2, 0.25) is 0 Å². The highest BCUT2D eigenvalue weighted by atomic mass is 19.4. The highest BCUT2D eigenvalue weighted by Crippen LogP contribution is 2.38. The normalized spacial score (nSPS) is 12.1. The number of amides is 1. The third kappa shape index (κ3) is 5.25. The molecule has 0 unspecified atom stereocenters. The lowest BCUT2D eigenvalue weighted by molar-refractivity contribution is -0.142. The standard InChI is InChI=1S/C31H19F6N5O3/c1-45-19-7-5-17(6-8-19)15-42-22-4-2-3-20-23(14-39-27(26(20)22)24(42)16-43)41-12-10-21(28(41)31(35,36)37)29(44)40-18-9-11-38-25(13-18)30(32,33)34/h2-14H,15H2,1H3,(H,38,40,44). The van der Waals surface area contributed by atoms with Crippen LogP contribution in [0.15, 0.2) is 79.3 Å². The molecule has 0 aliphatic carbocycles. The zero-order chi connectivity index (χ0) is 32.1. The van der Waals surface area contributed by atoms with E-state index in [0.29, 0.717) is 28.1 Å². The second kappa shape index (κ2) is 10.8. The van der Waals surface area contributed by atoms with Crippen LogP contribution in [0.1, 0.15) is 27.3 Å². The van der Waals surface area contributed by atoms with Gasteiger partial charge in [-0.3, -0.25) is 14.8 Å². The summed E-state index contributed by atoms with van der Waals surface area (Å²) >= 11 is 0. The summed E-state index contributed by atoms with van der Waals surface area (Å²) in [5, 5.41) is 2.91. The van der Waals surface area contributed by atoms with Crippen LogP contribution in [0.3, 0.4) is 0 Å². The molecule has 1 amide bonds. The zero-order valence-electron chi connectivity index (χ0n) is 23.0. The van der Waals surface area contributed by atoms with E-state index in [0.717, 1.165) is 40.9 Å². The van der Waals surface area contributed by atoms with Crippen molar-refractivity contribution in [3.8, 4) is 11.4 Å². The van der Waals surface area contributed by atoms with Crippen molar-refractivity contribution in [2.24, 2.45) is 0 Å². The van der Waals surface area contributed by atoms with E-state index in [9.17, 15) is 35.9 Å². The third-order valence-electron chi connectivity index (χ3n) is 7.22. The van der Waals surface area contributed by atoms with E-state index in [4.69, 9.17) is 4.74 Å². The van der Waals surface area contributed by atoms with Crippen LogP contribution in [0, 0.1) is 0 Å². The van der Waals surface area contributed by atoms with Crippen molar-refractivity contribution >= 4 is 39.3 Å². The number of ether oxygens (including phenoxy) is 1. The van der Waals surface area contributed by atoms with Gasteiger partial charge in [-0.2, -0.15) is 26.3 Å². The summed E-state index contributed by atoms with van der Waals surface area (Å²) in [5.74, 6) is 1.26. The number of aromatic nitrogens is 4. The molecular formula is C31H19F6N5O3. The Bertz CT molecular complexity index is 2160. The Hall–Kier alpha value is -5.62. The number of hydrogen-bond donors (Lipinski definition) is 1. The predicted octanol–water partition coefficient (Wildman–Crippen LogP) is 5.94. The van der Waals surface area contributed by atoms with Crippen molar-refractivity contribution in [3.63, 3.8) is 0 Å². The predicted molar refractivity (Wildman–Crippen MR) is 151 cm³/mol. The van der Waals surface area contributed by atoms with Gasteiger partial charge in [-0.1, -0.05) is 24.3 Å². The van der Waals surface area contributed by atoms with E-state index in [2.05, 4.69) is 15.3 Å². The van der Waals surface area contributed by atoms with Crippen molar-refractivity contribution in [2.45, 2.75) is 18.9 Å². The second-order valence-electron chi connectivity index (χ2n) is 9.90. The minimum Gasteiger partial charge on any atom is -0.497 e. The molecule has 0 saturated heterocycles. The van der Waals surface area contributed by atoms with Crippen LogP contribution in [0.2, 0.25) is 0 Å². The molecule has 0 aliphatic rings. The van der Waals surface area contributed by atoms with Gasteiger partial charge in [0.25, 0.3) is 5.91 Å². The Balaban J connectivity index is 1.46. The fraction of sp³-hybridized carbons (Fsp3) is 0.129. The van der Waals surface area contributed by atoms with Crippen LogP contribution in [0.4, 0.5) is 32.0 Å². The van der Waals surface area contributed by atoms with Crippen LogP contribution in [0.5, 0.6) is 5.75 Å². The molecule has 0 bridgehead atoms. The van der Waals surface area contributed by atoms with E-state index in [1.54, 1.807) is 47.0 Å². The van der Waals surface area contributed by atoms with Gasteiger partial charge in [-0.05, 0) is 42.0 Å². The first-order chi connectivity index (χ1) is 21.4. The topological polar surface area (TPSA) is 91.0 Å². The summed E-state index contributed by atoms with van der Waals surface area (Å²) in [7, 11) is 1.53. The van der Waals surface area contributed by atoms with Gasteiger partial charge in [-0.15, -0.1) is 0 Å². The van der Waals surface area contributed by atoms with E-state index in [1.807, 2.05) is 5.94 Å². The number of rotatable bonds is 6. The maximum Gasteiger partial charge on any atom is 0.433 e. The van der Waals surface area contributed by atoms with Gasteiger partial charge in [0.05, 0.1) is 30.1 Å². The number of nitrogens with one attached hydrogen (secondary N) is 1. The maximum atomic E-state index is 14.5. The molecule has 0 aliphatic heterocycles. The lowest BCUT2D eigenvalue weighted by Gasteiger charge is -2.16. The van der Waals surface area contributed by atoms with Gasteiger partial charge < -0.3 is 19.2 Å². The minimum atomic E-state index is -5.07. The summed E-state index contributed by atoms with van der Waals surface area (Å²) in [6.07, 6.45) is -6.93. The second-order valence-corrected chi connectivity index (χ2v) is 9.90. The number of halogens is 6.